The number of hydrogen-bond acceptors (Lipinski definition) is 6. The van der Waals surface area contributed by atoms with Gasteiger partial charge in [-0.2, -0.15) is 0 Å². The number of methoxy groups -OCH3 is 1. The molecule has 6 nitrogen and oxygen atoms in total. The van der Waals surface area contributed by atoms with Crippen LogP contribution in [-0.4, -0.2) is 74.5 Å². The Morgan fingerprint density at radius 1 is 0.492 bits per heavy atom. The summed E-state index contributed by atoms with van der Waals surface area (Å²) in [4.78, 5) is 4.97. The summed E-state index contributed by atoms with van der Waals surface area (Å²) in [7, 11) is 1.75. The average molecular weight is 1090 g/mol. The van der Waals surface area contributed by atoms with Crippen LogP contribution in [-0.2, 0) is 12.8 Å². The largest absolute Gasteiger partial charge is 0.508 e. The minimum absolute atomic E-state index is 0.283. The number of rotatable bonds is 13. The van der Waals surface area contributed by atoms with Crippen molar-refractivity contribution in [1.82, 2.24) is 9.80 Å². The summed E-state index contributed by atoms with van der Waals surface area (Å²) >= 11 is 4.24. The first-order valence-corrected chi connectivity index (χ1v) is 30.0. The lowest BCUT2D eigenvalue weighted by molar-refractivity contribution is 0.237. The molecular formula is C57H64I2N2O4. The van der Waals surface area contributed by atoms with E-state index in [0.717, 1.165) is 69.2 Å². The Hall–Kier alpha value is -4.10. The van der Waals surface area contributed by atoms with Gasteiger partial charge < -0.3 is 19.3 Å². The van der Waals surface area contributed by atoms with Crippen molar-refractivity contribution in [1.29, 1.82) is 0 Å². The molecule has 0 aromatic heterocycles. The van der Waals surface area contributed by atoms with E-state index in [9.17, 15) is 5.11 Å². The van der Waals surface area contributed by atoms with Gasteiger partial charge in [-0.05, 0) is 182 Å². The van der Waals surface area contributed by atoms with E-state index >= 15 is 0 Å². The van der Waals surface area contributed by atoms with Crippen molar-refractivity contribution >= 4 is 37.2 Å². The second kappa shape index (κ2) is 24.1. The van der Waals surface area contributed by atoms with E-state index < -0.39 is 0 Å². The number of hydrogen-bond donors (Lipinski definition) is 1. The average Bonchev–Trinajstić information content (AvgIpc) is 4.11. The third kappa shape index (κ3) is 12.3. The van der Waals surface area contributed by atoms with Crippen LogP contribution in [0.1, 0.15) is 107 Å². The highest BCUT2D eigenvalue weighted by Gasteiger charge is 2.33. The number of halogens is 2. The predicted molar refractivity (Wildman–Crippen MR) is 283 cm³/mol. The third-order valence-electron chi connectivity index (χ3n) is 14.1. The quantitative estimate of drug-likeness (QED) is 0.116. The zero-order chi connectivity index (χ0) is 44.8. The Labute approximate surface area is 411 Å². The van der Waals surface area contributed by atoms with Crippen LogP contribution in [0.2, 0.25) is 0 Å². The molecule has 0 radical (unpaired) electrons. The highest BCUT2D eigenvalue weighted by Crippen LogP contribution is 2.48. The van der Waals surface area contributed by atoms with Gasteiger partial charge >= 0.3 is 0 Å². The number of aromatic hydroxyl groups is 1. The highest BCUT2D eigenvalue weighted by atomic mass is 128. The lowest BCUT2D eigenvalue weighted by atomic mass is 9.69. The summed E-state index contributed by atoms with van der Waals surface area (Å²) < 4.78 is 17.6. The lowest BCUT2D eigenvalue weighted by Crippen LogP contribution is -2.25. The molecule has 0 amide bonds. The Balaban J connectivity index is 0.000000171. The molecule has 4 atom stereocenters. The van der Waals surface area contributed by atoms with Crippen molar-refractivity contribution in [2.24, 2.45) is 0 Å². The van der Waals surface area contributed by atoms with Crippen LogP contribution in [0.25, 0.3) is 0 Å². The first kappa shape index (κ1) is 47.4. The van der Waals surface area contributed by atoms with Gasteiger partial charge in [0.05, 0.1) is 7.11 Å². The smallest absolute Gasteiger partial charge is 0.119 e. The van der Waals surface area contributed by atoms with Crippen LogP contribution in [0.4, 0.5) is 0 Å². The lowest BCUT2D eigenvalue weighted by Gasteiger charge is -2.35. The molecular weight excluding hydrogens is 1030 g/mol. The number of ether oxygens (including phenoxy) is 3. The molecule has 2 fully saturated rings. The standard InChI is InChI=1S/C29H33NO2.C28H31NO2.I2/c1-31-26-14-16-28-24(21-26)11-15-27(22-7-3-2-4-8-22)29(28)23-9-12-25(13-10-23)32-20-19-30-17-5-6-18-30;30-24-11-15-27-23(20-24)10-14-26(21-6-2-1-3-7-21)28(27)22-8-12-25(13-9-22)31-19-18-29-16-4-5-17-29;1-2/h2-4,7-10,12-14,16,21,27,29H,5-6,11,15,17-20H2,1H3;1-3,6-9,11-13,15,20,26,28,30H,4-5,10,14,16-19H2;/t;26-,28+;/m.1./s1. The van der Waals surface area contributed by atoms with Gasteiger partial charge in [-0.15, -0.1) is 0 Å². The molecule has 6 aromatic rings. The Morgan fingerprint density at radius 3 is 1.35 bits per heavy atom. The summed E-state index contributed by atoms with van der Waals surface area (Å²) in [6.45, 7) is 8.40. The van der Waals surface area contributed by atoms with E-state index in [4.69, 9.17) is 14.2 Å². The SMILES string of the molecule is COc1ccc2c(c1)CCC(c1ccccc1)C2c1ccc(OCCN2CCCC2)cc1.II.Oc1ccc2c(c1)CC[C@H](c1ccccc1)[C@@H]2c1ccc(OCCN2CCCC2)cc1. The Kier molecular flexibility index (Phi) is 17.6. The van der Waals surface area contributed by atoms with Gasteiger partial charge in [-0.1, -0.05) is 97.1 Å². The van der Waals surface area contributed by atoms with Gasteiger partial charge in [-0.3, -0.25) is 9.80 Å². The summed E-state index contributed by atoms with van der Waals surface area (Å²) in [5.74, 6) is 4.74. The normalized spacial score (nSPS) is 20.3. The van der Waals surface area contributed by atoms with E-state index in [1.54, 1.807) is 7.11 Å². The molecule has 10 rings (SSSR count). The van der Waals surface area contributed by atoms with Crippen LogP contribution < -0.4 is 14.2 Å². The van der Waals surface area contributed by atoms with E-state index in [-0.39, 0.29) is 5.92 Å². The summed E-state index contributed by atoms with van der Waals surface area (Å²) in [5.41, 5.74) is 10.9. The molecule has 2 aliphatic heterocycles. The first-order valence-electron chi connectivity index (χ1n) is 23.7. The fraction of sp³-hybridized carbons (Fsp3) is 0.368. The van der Waals surface area contributed by atoms with Gasteiger partial charge in [0.1, 0.15) is 36.2 Å². The minimum atomic E-state index is 0.283. The molecule has 2 saturated heterocycles. The van der Waals surface area contributed by atoms with Gasteiger partial charge in [0.25, 0.3) is 0 Å². The molecule has 4 aliphatic rings. The molecule has 8 heteroatoms. The monoisotopic (exact) mass is 1090 g/mol. The third-order valence-corrected chi connectivity index (χ3v) is 14.1. The van der Waals surface area contributed by atoms with Gasteiger partial charge in [-0.25, -0.2) is 0 Å². The number of likely N-dealkylation sites (tertiary alicyclic amines) is 2. The van der Waals surface area contributed by atoms with Crippen LogP contribution in [0.3, 0.4) is 0 Å². The number of phenolic OH excluding ortho intramolecular Hbond substituents is 1. The van der Waals surface area contributed by atoms with Crippen molar-refractivity contribution in [3.8, 4) is 23.0 Å². The first-order chi connectivity index (χ1) is 32.1. The Bertz CT molecular complexity index is 2350. The maximum atomic E-state index is 10.0. The van der Waals surface area contributed by atoms with Crippen molar-refractivity contribution in [3.63, 3.8) is 0 Å². The van der Waals surface area contributed by atoms with Crippen LogP contribution in [0.15, 0.2) is 146 Å². The predicted octanol–water partition coefficient (Wildman–Crippen LogP) is 13.5. The summed E-state index contributed by atoms with van der Waals surface area (Å²) in [6.07, 6.45) is 9.59. The molecule has 0 spiro atoms. The maximum Gasteiger partial charge on any atom is 0.119 e. The zero-order valence-corrected chi connectivity index (χ0v) is 42.1. The van der Waals surface area contributed by atoms with Crippen molar-refractivity contribution in [2.45, 2.75) is 75.0 Å². The molecule has 0 saturated carbocycles. The fourth-order valence-electron chi connectivity index (χ4n) is 10.8. The molecule has 65 heavy (non-hydrogen) atoms. The molecule has 2 unspecified atom stereocenters. The van der Waals surface area contributed by atoms with E-state index in [2.05, 4.69) is 180 Å². The molecule has 6 aromatic carbocycles. The summed E-state index contributed by atoms with van der Waals surface area (Å²) in [5, 5.41) is 10.0. The molecule has 340 valence electrons. The number of aryl methyl sites for hydroxylation is 2. The van der Waals surface area contributed by atoms with Gasteiger partial charge in [0.15, 0.2) is 0 Å². The van der Waals surface area contributed by atoms with Crippen molar-refractivity contribution in [2.75, 3.05) is 59.6 Å². The number of benzene rings is 6. The summed E-state index contributed by atoms with van der Waals surface area (Å²) in [6, 6.07) is 51.9. The minimum Gasteiger partial charge on any atom is -0.508 e. The fourth-order valence-corrected chi connectivity index (χ4v) is 10.8. The molecule has 0 bridgehead atoms. The number of phenols is 1. The second-order valence-corrected chi connectivity index (χ2v) is 17.9. The van der Waals surface area contributed by atoms with Crippen molar-refractivity contribution < 1.29 is 19.3 Å². The van der Waals surface area contributed by atoms with E-state index in [1.165, 1.54) is 96.4 Å². The zero-order valence-electron chi connectivity index (χ0n) is 37.8. The van der Waals surface area contributed by atoms with E-state index in [0.29, 0.717) is 23.5 Å². The number of nitrogens with zero attached hydrogens (tertiary/aromatic N) is 2. The van der Waals surface area contributed by atoms with Gasteiger partial charge in [0.2, 0.25) is 0 Å². The topological polar surface area (TPSA) is 54.4 Å². The molecule has 2 heterocycles. The van der Waals surface area contributed by atoms with Crippen LogP contribution >= 0.6 is 37.2 Å². The second-order valence-electron chi connectivity index (χ2n) is 17.9. The maximum absolute atomic E-state index is 10.0. The highest BCUT2D eigenvalue weighted by molar-refractivity contribution is 15.0. The Morgan fingerprint density at radius 2 is 0.908 bits per heavy atom. The molecule has 2 aliphatic carbocycles. The van der Waals surface area contributed by atoms with Crippen LogP contribution in [0, 0.1) is 0 Å². The van der Waals surface area contributed by atoms with Crippen LogP contribution in [0.5, 0.6) is 23.0 Å². The van der Waals surface area contributed by atoms with Gasteiger partial charge in [0, 0.05) is 62.2 Å². The molecule has 1 N–H and O–H groups in total. The van der Waals surface area contributed by atoms with E-state index in [1.807, 2.05) is 12.1 Å². The number of fused-ring (bicyclic) bond motifs is 2. The van der Waals surface area contributed by atoms with Crippen molar-refractivity contribution in [3.05, 3.63) is 190 Å².